The third kappa shape index (κ3) is 3.87. The van der Waals surface area contributed by atoms with Crippen molar-refractivity contribution in [2.45, 2.75) is 52.5 Å². The molecule has 0 fully saturated rings. The van der Waals surface area contributed by atoms with Gasteiger partial charge < -0.3 is 9.88 Å². The molecule has 35 heavy (non-hydrogen) atoms. The molecule has 0 saturated carbocycles. The van der Waals surface area contributed by atoms with Gasteiger partial charge in [-0.1, -0.05) is 12.1 Å². The molecule has 6 rings (SSSR count). The minimum Gasteiger partial charge on any atom is -0.328 e. The summed E-state index contributed by atoms with van der Waals surface area (Å²) in [5.74, 6) is 0.998. The summed E-state index contributed by atoms with van der Waals surface area (Å²) < 4.78 is 4.22. The Morgan fingerprint density at radius 1 is 1.06 bits per heavy atom. The van der Waals surface area contributed by atoms with E-state index in [1.165, 1.54) is 18.5 Å². The first kappa shape index (κ1) is 21.5. The Bertz CT molecular complexity index is 1560. The third-order valence-electron chi connectivity index (χ3n) is 7.05. The van der Waals surface area contributed by atoms with Crippen LogP contribution in [0.2, 0.25) is 0 Å². The SMILES string of the molecule is Cc1nc2c3ccccc3nn2c(C)c1CCC(=O)Nc1ccc(-c2ncc3n2CCCC3)cc1. The van der Waals surface area contributed by atoms with Gasteiger partial charge in [0.1, 0.15) is 5.82 Å². The highest BCUT2D eigenvalue weighted by Crippen LogP contribution is 2.26. The number of anilines is 1. The van der Waals surface area contributed by atoms with E-state index in [1.54, 1.807) is 0 Å². The average molecular weight is 465 g/mol. The lowest BCUT2D eigenvalue weighted by Gasteiger charge is -2.16. The van der Waals surface area contributed by atoms with Crippen molar-refractivity contribution in [3.63, 3.8) is 0 Å². The molecule has 7 heteroatoms. The number of hydrogen-bond acceptors (Lipinski definition) is 4. The first-order valence-electron chi connectivity index (χ1n) is 12.3. The van der Waals surface area contributed by atoms with E-state index in [4.69, 9.17) is 10.1 Å². The minimum absolute atomic E-state index is 0.0135. The van der Waals surface area contributed by atoms with Crippen molar-refractivity contribution in [1.82, 2.24) is 24.1 Å². The summed E-state index contributed by atoms with van der Waals surface area (Å²) in [6, 6.07) is 16.0. The lowest BCUT2D eigenvalue weighted by atomic mass is 10.1. The Kier molecular flexibility index (Phi) is 5.32. The number of aryl methyl sites for hydroxylation is 3. The zero-order valence-corrected chi connectivity index (χ0v) is 20.1. The van der Waals surface area contributed by atoms with Crippen molar-refractivity contribution in [3.05, 3.63) is 77.4 Å². The number of benzene rings is 2. The van der Waals surface area contributed by atoms with Gasteiger partial charge in [0.2, 0.25) is 5.91 Å². The Hall–Kier alpha value is -4.00. The normalized spacial score (nSPS) is 13.3. The molecule has 2 aromatic carbocycles. The van der Waals surface area contributed by atoms with Gasteiger partial charge in [-0.25, -0.2) is 14.5 Å². The van der Waals surface area contributed by atoms with E-state index in [0.29, 0.717) is 12.8 Å². The minimum atomic E-state index is -0.0135. The Labute approximate surface area is 203 Å². The van der Waals surface area contributed by atoms with Gasteiger partial charge in [0.05, 0.1) is 5.52 Å². The van der Waals surface area contributed by atoms with Gasteiger partial charge in [0, 0.05) is 52.9 Å². The van der Waals surface area contributed by atoms with Crippen LogP contribution in [0.5, 0.6) is 0 Å². The molecule has 0 saturated heterocycles. The molecule has 5 aromatic rings. The molecule has 0 radical (unpaired) electrons. The van der Waals surface area contributed by atoms with E-state index in [0.717, 1.165) is 63.5 Å². The summed E-state index contributed by atoms with van der Waals surface area (Å²) >= 11 is 0. The highest BCUT2D eigenvalue weighted by atomic mass is 16.1. The summed E-state index contributed by atoms with van der Waals surface area (Å²) in [7, 11) is 0. The largest absolute Gasteiger partial charge is 0.328 e. The Morgan fingerprint density at radius 3 is 2.74 bits per heavy atom. The van der Waals surface area contributed by atoms with Gasteiger partial charge in [0.15, 0.2) is 5.65 Å². The smallest absolute Gasteiger partial charge is 0.224 e. The summed E-state index contributed by atoms with van der Waals surface area (Å²) in [5, 5.41) is 8.79. The fraction of sp³-hybridized carbons (Fsp3) is 0.286. The maximum Gasteiger partial charge on any atom is 0.224 e. The van der Waals surface area contributed by atoms with Crippen LogP contribution in [0, 0.1) is 13.8 Å². The summed E-state index contributed by atoms with van der Waals surface area (Å²) in [6.07, 6.45) is 6.51. The molecular formula is C28H28N6O. The number of hydrogen-bond donors (Lipinski definition) is 1. The topological polar surface area (TPSA) is 77.1 Å². The van der Waals surface area contributed by atoms with Crippen LogP contribution in [0.3, 0.4) is 0 Å². The van der Waals surface area contributed by atoms with Crippen molar-refractivity contribution in [2.24, 2.45) is 0 Å². The maximum atomic E-state index is 12.7. The van der Waals surface area contributed by atoms with Crippen LogP contribution in [-0.4, -0.2) is 30.1 Å². The fourth-order valence-corrected chi connectivity index (χ4v) is 5.17. The van der Waals surface area contributed by atoms with Gasteiger partial charge in [-0.2, -0.15) is 5.10 Å². The average Bonchev–Trinajstić information content (AvgIpc) is 3.46. The molecule has 1 aliphatic rings. The molecule has 3 aromatic heterocycles. The first-order valence-corrected chi connectivity index (χ1v) is 12.3. The number of rotatable bonds is 5. The number of amides is 1. The van der Waals surface area contributed by atoms with Gasteiger partial charge in [0.25, 0.3) is 0 Å². The second-order valence-electron chi connectivity index (χ2n) is 9.32. The highest BCUT2D eigenvalue weighted by molar-refractivity contribution is 5.92. The quantitative estimate of drug-likeness (QED) is 0.384. The fourth-order valence-electron chi connectivity index (χ4n) is 5.17. The van der Waals surface area contributed by atoms with E-state index in [1.807, 2.05) is 73.1 Å². The molecule has 0 aliphatic carbocycles. The maximum absolute atomic E-state index is 12.7. The van der Waals surface area contributed by atoms with Crippen LogP contribution in [0.15, 0.2) is 54.7 Å². The Balaban J connectivity index is 1.15. The van der Waals surface area contributed by atoms with Crippen LogP contribution < -0.4 is 5.32 Å². The zero-order chi connectivity index (χ0) is 23.9. The Morgan fingerprint density at radius 2 is 1.89 bits per heavy atom. The highest BCUT2D eigenvalue weighted by Gasteiger charge is 2.17. The van der Waals surface area contributed by atoms with Gasteiger partial charge in [-0.05, 0) is 81.5 Å². The number of aromatic nitrogens is 5. The molecule has 0 unspecified atom stereocenters. The van der Waals surface area contributed by atoms with Crippen molar-refractivity contribution in [2.75, 3.05) is 5.32 Å². The molecule has 0 bridgehead atoms. The van der Waals surface area contributed by atoms with E-state index in [-0.39, 0.29) is 5.91 Å². The van der Waals surface area contributed by atoms with Gasteiger partial charge >= 0.3 is 0 Å². The van der Waals surface area contributed by atoms with Crippen LogP contribution in [0.4, 0.5) is 5.69 Å². The van der Waals surface area contributed by atoms with E-state index < -0.39 is 0 Å². The second kappa shape index (κ2) is 8.65. The molecule has 176 valence electrons. The lowest BCUT2D eigenvalue weighted by molar-refractivity contribution is -0.116. The predicted octanol–water partition coefficient (Wildman–Crippen LogP) is 5.27. The zero-order valence-electron chi connectivity index (χ0n) is 20.1. The lowest BCUT2D eigenvalue weighted by Crippen LogP contribution is -2.14. The van der Waals surface area contributed by atoms with Crippen LogP contribution in [0.25, 0.3) is 27.9 Å². The van der Waals surface area contributed by atoms with E-state index in [9.17, 15) is 4.79 Å². The predicted molar refractivity (Wildman–Crippen MR) is 138 cm³/mol. The molecule has 1 N–H and O–H groups in total. The number of imidazole rings is 1. The molecule has 0 atom stereocenters. The van der Waals surface area contributed by atoms with E-state index >= 15 is 0 Å². The van der Waals surface area contributed by atoms with E-state index in [2.05, 4.69) is 14.9 Å². The summed E-state index contributed by atoms with van der Waals surface area (Å²) in [4.78, 5) is 22.2. The number of fused-ring (bicyclic) bond motifs is 4. The standard InChI is InChI=1S/C28H28N6O/c1-18-23(19(2)34-28(30-18)24-8-3-4-9-25(24)32-34)14-15-26(35)31-21-12-10-20(11-13-21)27-29-17-22-7-5-6-16-33(22)27/h3-4,8-13,17H,5-7,14-16H2,1-2H3,(H,31,35). The number of nitrogens with one attached hydrogen (secondary N) is 1. The second-order valence-corrected chi connectivity index (χ2v) is 9.32. The van der Waals surface area contributed by atoms with Gasteiger partial charge in [-0.15, -0.1) is 0 Å². The summed E-state index contributed by atoms with van der Waals surface area (Å²) in [5.41, 5.74) is 8.02. The first-order chi connectivity index (χ1) is 17.1. The van der Waals surface area contributed by atoms with Crippen LogP contribution in [-0.2, 0) is 24.2 Å². The van der Waals surface area contributed by atoms with Crippen LogP contribution in [0.1, 0.15) is 41.9 Å². The number of carbonyl (C=O) groups is 1. The number of carbonyl (C=O) groups excluding carboxylic acids is 1. The van der Waals surface area contributed by atoms with Crippen molar-refractivity contribution in [3.8, 4) is 11.4 Å². The van der Waals surface area contributed by atoms with Crippen LogP contribution >= 0.6 is 0 Å². The molecule has 4 heterocycles. The molecule has 1 aliphatic heterocycles. The molecule has 7 nitrogen and oxygen atoms in total. The third-order valence-corrected chi connectivity index (χ3v) is 7.05. The van der Waals surface area contributed by atoms with Crippen molar-refractivity contribution >= 4 is 28.1 Å². The molecule has 1 amide bonds. The van der Waals surface area contributed by atoms with Crippen molar-refractivity contribution < 1.29 is 4.79 Å². The molecule has 0 spiro atoms. The van der Waals surface area contributed by atoms with Crippen molar-refractivity contribution in [1.29, 1.82) is 0 Å². The molecular weight excluding hydrogens is 436 g/mol. The number of nitrogens with zero attached hydrogens (tertiary/aromatic N) is 5. The summed E-state index contributed by atoms with van der Waals surface area (Å²) in [6.45, 7) is 5.08. The van der Waals surface area contributed by atoms with Gasteiger partial charge in [-0.3, -0.25) is 4.79 Å². The monoisotopic (exact) mass is 464 g/mol.